The molecule has 0 saturated heterocycles. The van der Waals surface area contributed by atoms with E-state index in [0.717, 1.165) is 0 Å². The molecule has 0 spiro atoms. The molecular weight excluding hydrogens is 186 g/mol. The van der Waals surface area contributed by atoms with E-state index in [1.807, 2.05) is 6.92 Å². The standard InChI is InChI=1S/C8H13N3O3/c1-2-11(3-4-12)6-5-9-8(14)10-7(6)13/h5,12H,2-4H2,1H3,(H2,9,10,13,14). The summed E-state index contributed by atoms with van der Waals surface area (Å²) in [4.78, 5) is 28.2. The van der Waals surface area contributed by atoms with Gasteiger partial charge in [0.2, 0.25) is 0 Å². The van der Waals surface area contributed by atoms with Crippen LogP contribution in [0.5, 0.6) is 0 Å². The van der Waals surface area contributed by atoms with Gasteiger partial charge in [-0.15, -0.1) is 0 Å². The lowest BCUT2D eigenvalue weighted by Crippen LogP contribution is -2.34. The summed E-state index contributed by atoms with van der Waals surface area (Å²) >= 11 is 0. The monoisotopic (exact) mass is 199 g/mol. The van der Waals surface area contributed by atoms with E-state index in [0.29, 0.717) is 18.8 Å². The second-order valence-corrected chi connectivity index (χ2v) is 2.76. The van der Waals surface area contributed by atoms with E-state index in [2.05, 4.69) is 9.97 Å². The Hall–Kier alpha value is -1.56. The number of H-pyrrole nitrogens is 2. The van der Waals surface area contributed by atoms with Crippen molar-refractivity contribution in [2.24, 2.45) is 0 Å². The Balaban J connectivity index is 3.04. The fourth-order valence-electron chi connectivity index (χ4n) is 1.21. The van der Waals surface area contributed by atoms with Crippen molar-refractivity contribution in [2.75, 3.05) is 24.6 Å². The van der Waals surface area contributed by atoms with Crippen LogP contribution >= 0.6 is 0 Å². The molecule has 3 N–H and O–H groups in total. The average molecular weight is 199 g/mol. The third-order valence-electron chi connectivity index (χ3n) is 1.89. The van der Waals surface area contributed by atoms with Crippen LogP contribution in [0.2, 0.25) is 0 Å². The Labute approximate surface area is 80.2 Å². The zero-order valence-corrected chi connectivity index (χ0v) is 7.91. The zero-order chi connectivity index (χ0) is 10.6. The first-order chi connectivity index (χ1) is 6.69. The van der Waals surface area contributed by atoms with Crippen molar-refractivity contribution >= 4 is 5.69 Å². The second-order valence-electron chi connectivity index (χ2n) is 2.76. The van der Waals surface area contributed by atoms with E-state index in [-0.39, 0.29) is 6.61 Å². The van der Waals surface area contributed by atoms with Gasteiger partial charge < -0.3 is 15.0 Å². The topological polar surface area (TPSA) is 89.2 Å². The van der Waals surface area contributed by atoms with Crippen LogP contribution in [0.3, 0.4) is 0 Å². The molecule has 6 nitrogen and oxygen atoms in total. The van der Waals surface area contributed by atoms with Gasteiger partial charge in [-0.1, -0.05) is 0 Å². The number of anilines is 1. The van der Waals surface area contributed by atoms with Crippen molar-refractivity contribution in [1.29, 1.82) is 0 Å². The van der Waals surface area contributed by atoms with E-state index >= 15 is 0 Å². The number of nitrogens with zero attached hydrogens (tertiary/aromatic N) is 1. The van der Waals surface area contributed by atoms with E-state index < -0.39 is 11.2 Å². The van der Waals surface area contributed by atoms with E-state index in [1.165, 1.54) is 6.20 Å². The first-order valence-electron chi connectivity index (χ1n) is 4.36. The van der Waals surface area contributed by atoms with Crippen LogP contribution in [0.4, 0.5) is 5.69 Å². The number of nitrogens with one attached hydrogen (secondary N) is 2. The van der Waals surface area contributed by atoms with Gasteiger partial charge >= 0.3 is 5.69 Å². The predicted molar refractivity (Wildman–Crippen MR) is 52.7 cm³/mol. The van der Waals surface area contributed by atoms with Gasteiger partial charge in [-0.25, -0.2) is 4.79 Å². The molecule has 0 unspecified atom stereocenters. The predicted octanol–water partition coefficient (Wildman–Crippen LogP) is -1.12. The number of hydrogen-bond donors (Lipinski definition) is 3. The molecule has 1 rings (SSSR count). The van der Waals surface area contributed by atoms with Crippen molar-refractivity contribution in [3.05, 3.63) is 27.0 Å². The Morgan fingerprint density at radius 1 is 1.50 bits per heavy atom. The number of likely N-dealkylation sites (N-methyl/N-ethyl adjacent to an activating group) is 1. The fourth-order valence-corrected chi connectivity index (χ4v) is 1.21. The van der Waals surface area contributed by atoms with Gasteiger partial charge in [-0.3, -0.25) is 9.78 Å². The second kappa shape index (κ2) is 4.61. The summed E-state index contributed by atoms with van der Waals surface area (Å²) in [5.41, 5.74) is -0.607. The number of hydrogen-bond acceptors (Lipinski definition) is 4. The van der Waals surface area contributed by atoms with Crippen LogP contribution in [0.15, 0.2) is 15.8 Å². The highest BCUT2D eigenvalue weighted by atomic mass is 16.3. The Kier molecular flexibility index (Phi) is 3.47. The summed E-state index contributed by atoms with van der Waals surface area (Å²) in [6, 6.07) is 0. The Morgan fingerprint density at radius 2 is 2.21 bits per heavy atom. The van der Waals surface area contributed by atoms with Crippen molar-refractivity contribution in [2.45, 2.75) is 6.92 Å². The molecule has 0 amide bonds. The first-order valence-corrected chi connectivity index (χ1v) is 4.36. The Bertz CT molecular complexity index is 395. The summed E-state index contributed by atoms with van der Waals surface area (Å²) in [6.45, 7) is 2.79. The van der Waals surface area contributed by atoms with Crippen LogP contribution in [0.25, 0.3) is 0 Å². The zero-order valence-electron chi connectivity index (χ0n) is 7.91. The number of rotatable bonds is 4. The molecule has 14 heavy (non-hydrogen) atoms. The number of aliphatic hydroxyl groups excluding tert-OH is 1. The third-order valence-corrected chi connectivity index (χ3v) is 1.89. The summed E-state index contributed by atoms with van der Waals surface area (Å²) in [5, 5.41) is 8.75. The molecule has 0 fully saturated rings. The lowest BCUT2D eigenvalue weighted by molar-refractivity contribution is 0.302. The summed E-state index contributed by atoms with van der Waals surface area (Å²) in [7, 11) is 0. The molecule has 0 aliphatic carbocycles. The highest BCUT2D eigenvalue weighted by Gasteiger charge is 2.07. The molecule has 0 aliphatic rings. The maximum absolute atomic E-state index is 11.3. The molecule has 0 aliphatic heterocycles. The minimum Gasteiger partial charge on any atom is -0.395 e. The lowest BCUT2D eigenvalue weighted by atomic mass is 10.4. The molecule has 0 atom stereocenters. The summed E-state index contributed by atoms with van der Waals surface area (Å²) in [6.07, 6.45) is 1.35. The van der Waals surface area contributed by atoms with Crippen molar-refractivity contribution in [3.63, 3.8) is 0 Å². The van der Waals surface area contributed by atoms with E-state index in [1.54, 1.807) is 4.90 Å². The Morgan fingerprint density at radius 3 is 2.71 bits per heavy atom. The number of aliphatic hydroxyl groups is 1. The highest BCUT2D eigenvalue weighted by molar-refractivity contribution is 5.41. The van der Waals surface area contributed by atoms with Crippen LogP contribution < -0.4 is 16.1 Å². The van der Waals surface area contributed by atoms with Crippen molar-refractivity contribution in [1.82, 2.24) is 9.97 Å². The van der Waals surface area contributed by atoms with Crippen LogP contribution in [-0.2, 0) is 0 Å². The minimum atomic E-state index is -0.529. The highest BCUT2D eigenvalue weighted by Crippen LogP contribution is 2.02. The van der Waals surface area contributed by atoms with Gasteiger partial charge in [0.25, 0.3) is 5.56 Å². The normalized spacial score (nSPS) is 10.1. The third kappa shape index (κ3) is 2.23. The first kappa shape index (κ1) is 10.5. The number of aromatic amines is 2. The molecule has 0 aromatic carbocycles. The summed E-state index contributed by atoms with van der Waals surface area (Å²) < 4.78 is 0. The largest absolute Gasteiger partial charge is 0.395 e. The SMILES string of the molecule is CCN(CCO)c1c[nH]c(=O)[nH]c1=O. The van der Waals surface area contributed by atoms with Crippen LogP contribution in [0, 0.1) is 0 Å². The minimum absolute atomic E-state index is 0.0353. The van der Waals surface area contributed by atoms with Gasteiger partial charge in [-0.2, -0.15) is 0 Å². The van der Waals surface area contributed by atoms with E-state index in [4.69, 9.17) is 5.11 Å². The smallest absolute Gasteiger partial charge is 0.325 e. The average Bonchev–Trinajstić information content (AvgIpc) is 2.15. The van der Waals surface area contributed by atoms with Crippen molar-refractivity contribution < 1.29 is 5.11 Å². The maximum atomic E-state index is 11.3. The molecule has 0 bridgehead atoms. The van der Waals surface area contributed by atoms with Gasteiger partial charge in [0.15, 0.2) is 0 Å². The molecular formula is C8H13N3O3. The van der Waals surface area contributed by atoms with Crippen LogP contribution in [-0.4, -0.2) is 34.8 Å². The van der Waals surface area contributed by atoms with Gasteiger partial charge in [0, 0.05) is 19.3 Å². The van der Waals surface area contributed by atoms with Gasteiger partial charge in [0.1, 0.15) is 5.69 Å². The molecule has 0 radical (unpaired) electrons. The molecule has 0 saturated carbocycles. The molecule has 1 heterocycles. The van der Waals surface area contributed by atoms with Gasteiger partial charge in [0.05, 0.1) is 6.61 Å². The summed E-state index contributed by atoms with van der Waals surface area (Å²) in [5.74, 6) is 0. The lowest BCUT2D eigenvalue weighted by Gasteiger charge is -2.19. The number of aromatic nitrogens is 2. The van der Waals surface area contributed by atoms with Crippen molar-refractivity contribution in [3.8, 4) is 0 Å². The van der Waals surface area contributed by atoms with Crippen LogP contribution in [0.1, 0.15) is 6.92 Å². The molecule has 1 aromatic heterocycles. The van der Waals surface area contributed by atoms with Gasteiger partial charge in [-0.05, 0) is 6.92 Å². The maximum Gasteiger partial charge on any atom is 0.325 e. The molecule has 1 aromatic rings. The molecule has 78 valence electrons. The van der Waals surface area contributed by atoms with E-state index in [9.17, 15) is 9.59 Å². The fraction of sp³-hybridized carbons (Fsp3) is 0.500. The molecule has 6 heteroatoms. The quantitative estimate of drug-likeness (QED) is 0.573.